The van der Waals surface area contributed by atoms with Gasteiger partial charge in [0, 0.05) is 19.2 Å². The molecule has 0 radical (unpaired) electrons. The number of nitrogens with zero attached hydrogens (tertiary/aromatic N) is 4. The number of amides is 1. The Morgan fingerprint density at radius 1 is 1.30 bits per heavy atom. The van der Waals surface area contributed by atoms with Gasteiger partial charge in [-0.15, -0.1) is 11.8 Å². The van der Waals surface area contributed by atoms with Crippen molar-refractivity contribution in [2.45, 2.75) is 64.4 Å². The number of carbonyl (C=O) groups excluding carboxylic acids is 1. The number of nitrogens with one attached hydrogen (secondary N) is 1. The van der Waals surface area contributed by atoms with Crippen LogP contribution in [0.4, 0.5) is 16.4 Å². The fourth-order valence-corrected chi connectivity index (χ4v) is 3.15. The molecule has 3 heterocycles. The molecule has 150 valence electrons. The van der Waals surface area contributed by atoms with Gasteiger partial charge in [0.2, 0.25) is 0 Å². The first-order valence-corrected chi connectivity index (χ1v) is 10.7. The van der Waals surface area contributed by atoms with E-state index in [0.717, 1.165) is 42.3 Å². The average molecular weight is 394 g/mol. The molecular formula is C19H31N5O2S. The number of ether oxygens (including phenoxy) is 1. The first-order valence-electron chi connectivity index (χ1n) is 9.46. The summed E-state index contributed by atoms with van der Waals surface area (Å²) in [4.78, 5) is 20.1. The molecule has 8 heteroatoms. The molecule has 0 aliphatic carbocycles. The SMILES string of the molecule is CCC.CSc1cnn2c(NC(=O)OC(C)(C)C)cc(N3CCCC3)nc12. The quantitative estimate of drug-likeness (QED) is 0.754. The van der Waals surface area contributed by atoms with Gasteiger partial charge in [0.05, 0.1) is 11.1 Å². The maximum absolute atomic E-state index is 12.2. The number of thioether (sulfide) groups is 1. The zero-order chi connectivity index (χ0) is 20.0. The maximum atomic E-state index is 12.2. The second kappa shape index (κ2) is 9.30. The Kier molecular flexibility index (Phi) is 7.35. The molecule has 1 saturated heterocycles. The first kappa shape index (κ1) is 21.3. The van der Waals surface area contributed by atoms with E-state index in [1.165, 1.54) is 6.42 Å². The molecule has 1 amide bonds. The zero-order valence-corrected chi connectivity index (χ0v) is 18.0. The van der Waals surface area contributed by atoms with Crippen molar-refractivity contribution < 1.29 is 9.53 Å². The molecule has 3 rings (SSSR count). The minimum Gasteiger partial charge on any atom is -0.444 e. The van der Waals surface area contributed by atoms with Crippen molar-refractivity contribution in [3.8, 4) is 0 Å². The highest BCUT2D eigenvalue weighted by Gasteiger charge is 2.21. The van der Waals surface area contributed by atoms with Crippen molar-refractivity contribution in [3.63, 3.8) is 0 Å². The zero-order valence-electron chi connectivity index (χ0n) is 17.2. The molecule has 1 fully saturated rings. The molecular weight excluding hydrogens is 362 g/mol. The summed E-state index contributed by atoms with van der Waals surface area (Å²) in [6.07, 6.45) is 6.83. The van der Waals surface area contributed by atoms with Gasteiger partial charge >= 0.3 is 6.09 Å². The van der Waals surface area contributed by atoms with Crippen LogP contribution in [0.15, 0.2) is 17.2 Å². The summed E-state index contributed by atoms with van der Waals surface area (Å²) in [5.41, 5.74) is 0.195. The molecule has 1 aliphatic rings. The standard InChI is InChI=1S/C16H23N5O2S.C3H8/c1-16(2,3)23-15(22)19-13-9-12(20-7-5-6-8-20)18-14-11(24-4)10-17-21(13)14;1-3-2/h9-10H,5-8H2,1-4H3,(H,19,22);3H2,1-2H3. The van der Waals surface area contributed by atoms with Crippen LogP contribution in [0, 0.1) is 0 Å². The minimum atomic E-state index is -0.553. The summed E-state index contributed by atoms with van der Waals surface area (Å²) >= 11 is 1.59. The van der Waals surface area contributed by atoms with Gasteiger partial charge in [0.15, 0.2) is 5.65 Å². The van der Waals surface area contributed by atoms with E-state index in [1.54, 1.807) is 22.5 Å². The second-order valence-corrected chi connectivity index (χ2v) is 8.32. The number of fused-ring (bicyclic) bond motifs is 1. The number of anilines is 2. The molecule has 2 aromatic heterocycles. The normalized spacial score (nSPS) is 14.1. The van der Waals surface area contributed by atoms with E-state index >= 15 is 0 Å². The van der Waals surface area contributed by atoms with Crippen molar-refractivity contribution in [1.82, 2.24) is 14.6 Å². The van der Waals surface area contributed by atoms with Gasteiger partial charge in [0.25, 0.3) is 0 Å². The first-order chi connectivity index (χ1) is 12.8. The highest BCUT2D eigenvalue weighted by atomic mass is 32.2. The summed E-state index contributed by atoms with van der Waals surface area (Å²) in [5.74, 6) is 1.43. The van der Waals surface area contributed by atoms with Gasteiger partial charge in [-0.3, -0.25) is 5.32 Å². The Morgan fingerprint density at radius 3 is 2.48 bits per heavy atom. The van der Waals surface area contributed by atoms with Gasteiger partial charge in [-0.2, -0.15) is 9.61 Å². The Balaban J connectivity index is 0.000000817. The van der Waals surface area contributed by atoms with Crippen LogP contribution in [0.3, 0.4) is 0 Å². The fraction of sp³-hybridized carbons (Fsp3) is 0.632. The van der Waals surface area contributed by atoms with Crippen molar-refractivity contribution in [1.29, 1.82) is 0 Å². The summed E-state index contributed by atoms with van der Waals surface area (Å²) in [6.45, 7) is 11.7. The molecule has 2 aromatic rings. The van der Waals surface area contributed by atoms with Crippen molar-refractivity contribution >= 4 is 35.1 Å². The molecule has 27 heavy (non-hydrogen) atoms. The minimum absolute atomic E-state index is 0.497. The highest BCUT2D eigenvalue weighted by molar-refractivity contribution is 7.98. The van der Waals surface area contributed by atoms with Gasteiger partial charge in [-0.1, -0.05) is 20.3 Å². The van der Waals surface area contributed by atoms with Crippen LogP contribution in [0.2, 0.25) is 0 Å². The van der Waals surface area contributed by atoms with Crippen LogP contribution < -0.4 is 10.2 Å². The lowest BCUT2D eigenvalue weighted by molar-refractivity contribution is 0.0635. The molecule has 0 saturated carbocycles. The Bertz CT molecular complexity index is 763. The summed E-state index contributed by atoms with van der Waals surface area (Å²) in [6, 6.07) is 1.86. The Morgan fingerprint density at radius 2 is 1.93 bits per heavy atom. The summed E-state index contributed by atoms with van der Waals surface area (Å²) < 4.78 is 7.01. The van der Waals surface area contributed by atoms with Crippen LogP contribution >= 0.6 is 11.8 Å². The monoisotopic (exact) mass is 393 g/mol. The van der Waals surface area contributed by atoms with E-state index < -0.39 is 11.7 Å². The lowest BCUT2D eigenvalue weighted by atomic mass is 10.2. The molecule has 0 bridgehead atoms. The smallest absolute Gasteiger partial charge is 0.413 e. The second-order valence-electron chi connectivity index (χ2n) is 7.48. The Hall–Kier alpha value is -1.96. The van der Waals surface area contributed by atoms with Crippen LogP contribution in [-0.4, -0.2) is 45.6 Å². The third-order valence-corrected chi connectivity index (χ3v) is 4.43. The maximum Gasteiger partial charge on any atom is 0.413 e. The van der Waals surface area contributed by atoms with Crippen LogP contribution in [0.5, 0.6) is 0 Å². The van der Waals surface area contributed by atoms with Gasteiger partial charge < -0.3 is 9.64 Å². The molecule has 7 nitrogen and oxygen atoms in total. The highest BCUT2D eigenvalue weighted by Crippen LogP contribution is 2.28. The largest absolute Gasteiger partial charge is 0.444 e. The number of aromatic nitrogens is 3. The third-order valence-electron chi connectivity index (χ3n) is 3.70. The van der Waals surface area contributed by atoms with Crippen molar-refractivity contribution in [2.75, 3.05) is 29.6 Å². The number of hydrogen-bond acceptors (Lipinski definition) is 6. The Labute approximate surface area is 165 Å². The van der Waals surface area contributed by atoms with E-state index in [2.05, 4.69) is 29.2 Å². The molecule has 0 aromatic carbocycles. The summed E-state index contributed by atoms with van der Waals surface area (Å²) in [5, 5.41) is 7.16. The van der Waals surface area contributed by atoms with Crippen LogP contribution in [0.25, 0.3) is 5.65 Å². The topological polar surface area (TPSA) is 71.8 Å². The number of rotatable bonds is 3. The van der Waals surface area contributed by atoms with Crippen LogP contribution in [0.1, 0.15) is 53.9 Å². The van der Waals surface area contributed by atoms with Gasteiger partial charge in [0.1, 0.15) is 17.2 Å². The van der Waals surface area contributed by atoms with Gasteiger partial charge in [-0.25, -0.2) is 9.78 Å². The number of carbonyl (C=O) groups is 1. The predicted octanol–water partition coefficient (Wildman–Crippen LogP) is 4.81. The van der Waals surface area contributed by atoms with Crippen molar-refractivity contribution in [2.24, 2.45) is 0 Å². The summed E-state index contributed by atoms with van der Waals surface area (Å²) in [7, 11) is 0. The van der Waals surface area contributed by atoms with Crippen molar-refractivity contribution in [3.05, 3.63) is 12.3 Å². The third kappa shape index (κ3) is 5.76. The van der Waals surface area contributed by atoms with E-state index in [1.807, 2.05) is 33.1 Å². The lowest BCUT2D eigenvalue weighted by Crippen LogP contribution is -2.28. The van der Waals surface area contributed by atoms with E-state index in [4.69, 9.17) is 9.72 Å². The number of hydrogen-bond donors (Lipinski definition) is 1. The average Bonchev–Trinajstić information content (AvgIpc) is 3.23. The molecule has 0 unspecified atom stereocenters. The lowest BCUT2D eigenvalue weighted by Gasteiger charge is -2.21. The fourth-order valence-electron chi connectivity index (χ4n) is 2.68. The van der Waals surface area contributed by atoms with Crippen LogP contribution in [-0.2, 0) is 4.74 Å². The molecule has 0 spiro atoms. The molecule has 1 N–H and O–H groups in total. The predicted molar refractivity (Wildman–Crippen MR) is 112 cm³/mol. The van der Waals surface area contributed by atoms with E-state index in [-0.39, 0.29) is 0 Å². The van der Waals surface area contributed by atoms with E-state index in [0.29, 0.717) is 5.82 Å². The molecule has 0 atom stereocenters. The van der Waals surface area contributed by atoms with Gasteiger partial charge in [-0.05, 0) is 39.9 Å². The van der Waals surface area contributed by atoms with E-state index in [9.17, 15) is 4.79 Å². The molecule has 1 aliphatic heterocycles.